The van der Waals surface area contributed by atoms with Crippen LogP contribution in [0.25, 0.3) is 0 Å². The smallest absolute Gasteiger partial charge is 0.0299 e. The SMILES string of the molecule is Cc1ccc(CNCCC(N)C(C)(C)C)s1. The summed E-state index contributed by atoms with van der Waals surface area (Å²) in [6.07, 6.45) is 1.04. The number of aryl methyl sites for hydroxylation is 1. The summed E-state index contributed by atoms with van der Waals surface area (Å²) in [6.45, 7) is 10.7. The Labute approximate surface area is 103 Å². The van der Waals surface area contributed by atoms with Gasteiger partial charge in [-0.05, 0) is 37.4 Å². The Kier molecular flexibility index (Phi) is 4.96. The van der Waals surface area contributed by atoms with E-state index in [4.69, 9.17) is 5.73 Å². The minimum Gasteiger partial charge on any atom is -0.327 e. The summed E-state index contributed by atoms with van der Waals surface area (Å²) in [7, 11) is 0. The molecule has 0 radical (unpaired) electrons. The van der Waals surface area contributed by atoms with Crippen LogP contribution in [0.2, 0.25) is 0 Å². The maximum absolute atomic E-state index is 6.10. The monoisotopic (exact) mass is 240 g/mol. The summed E-state index contributed by atoms with van der Waals surface area (Å²) in [6, 6.07) is 4.63. The van der Waals surface area contributed by atoms with E-state index in [9.17, 15) is 0 Å². The molecule has 1 aromatic heterocycles. The van der Waals surface area contributed by atoms with Crippen LogP contribution in [0.5, 0.6) is 0 Å². The van der Waals surface area contributed by atoms with Gasteiger partial charge in [-0.3, -0.25) is 0 Å². The molecule has 92 valence electrons. The van der Waals surface area contributed by atoms with Gasteiger partial charge in [0.2, 0.25) is 0 Å². The highest BCUT2D eigenvalue weighted by atomic mass is 32.1. The Hall–Kier alpha value is -0.380. The van der Waals surface area contributed by atoms with Gasteiger partial charge in [-0.1, -0.05) is 20.8 Å². The summed E-state index contributed by atoms with van der Waals surface area (Å²) in [4.78, 5) is 2.78. The number of hydrogen-bond donors (Lipinski definition) is 2. The Balaban J connectivity index is 2.17. The Morgan fingerprint density at radius 2 is 2.06 bits per heavy atom. The molecule has 0 bridgehead atoms. The summed E-state index contributed by atoms with van der Waals surface area (Å²) < 4.78 is 0. The highest BCUT2D eigenvalue weighted by Gasteiger charge is 2.19. The molecule has 1 atom stereocenters. The first kappa shape index (κ1) is 13.7. The molecule has 0 aromatic carbocycles. The topological polar surface area (TPSA) is 38.0 Å². The zero-order valence-corrected chi connectivity index (χ0v) is 11.7. The fourth-order valence-electron chi connectivity index (χ4n) is 1.48. The van der Waals surface area contributed by atoms with E-state index in [0.29, 0.717) is 0 Å². The third-order valence-corrected chi connectivity index (χ3v) is 3.84. The quantitative estimate of drug-likeness (QED) is 0.777. The maximum Gasteiger partial charge on any atom is 0.0299 e. The van der Waals surface area contributed by atoms with Crippen molar-refractivity contribution >= 4 is 11.3 Å². The number of nitrogens with two attached hydrogens (primary N) is 1. The van der Waals surface area contributed by atoms with Crippen LogP contribution < -0.4 is 11.1 Å². The molecule has 0 spiro atoms. The van der Waals surface area contributed by atoms with Gasteiger partial charge in [0, 0.05) is 22.3 Å². The van der Waals surface area contributed by atoms with Crippen LogP contribution >= 0.6 is 11.3 Å². The van der Waals surface area contributed by atoms with E-state index in [1.165, 1.54) is 9.75 Å². The van der Waals surface area contributed by atoms with E-state index in [-0.39, 0.29) is 11.5 Å². The number of nitrogens with one attached hydrogen (secondary N) is 1. The molecule has 3 heteroatoms. The van der Waals surface area contributed by atoms with Crippen LogP contribution in [0, 0.1) is 12.3 Å². The molecule has 0 fully saturated rings. The van der Waals surface area contributed by atoms with E-state index >= 15 is 0 Å². The lowest BCUT2D eigenvalue weighted by atomic mass is 9.85. The molecule has 1 rings (SSSR count). The van der Waals surface area contributed by atoms with Gasteiger partial charge in [-0.15, -0.1) is 11.3 Å². The van der Waals surface area contributed by atoms with Crippen molar-refractivity contribution in [2.75, 3.05) is 6.54 Å². The van der Waals surface area contributed by atoms with Gasteiger partial charge >= 0.3 is 0 Å². The summed E-state index contributed by atoms with van der Waals surface area (Å²) in [5.41, 5.74) is 6.31. The molecule has 16 heavy (non-hydrogen) atoms. The molecule has 0 saturated heterocycles. The molecule has 1 unspecified atom stereocenters. The van der Waals surface area contributed by atoms with Crippen molar-refractivity contribution in [3.8, 4) is 0 Å². The predicted molar refractivity (Wildman–Crippen MR) is 72.8 cm³/mol. The van der Waals surface area contributed by atoms with E-state index in [2.05, 4.69) is 45.1 Å². The molecule has 0 aliphatic heterocycles. The predicted octanol–water partition coefficient (Wildman–Crippen LogP) is 2.91. The third kappa shape index (κ3) is 4.64. The van der Waals surface area contributed by atoms with Gasteiger partial charge < -0.3 is 11.1 Å². The number of hydrogen-bond acceptors (Lipinski definition) is 3. The van der Waals surface area contributed by atoms with Crippen molar-refractivity contribution in [3.05, 3.63) is 21.9 Å². The van der Waals surface area contributed by atoms with E-state index in [0.717, 1.165) is 19.5 Å². The third-order valence-electron chi connectivity index (χ3n) is 2.84. The number of thiophene rings is 1. The lowest BCUT2D eigenvalue weighted by Crippen LogP contribution is -2.37. The minimum absolute atomic E-state index is 0.210. The lowest BCUT2D eigenvalue weighted by Gasteiger charge is -2.27. The van der Waals surface area contributed by atoms with Crippen molar-refractivity contribution in [2.45, 2.75) is 46.7 Å². The van der Waals surface area contributed by atoms with E-state index in [1.54, 1.807) is 0 Å². The summed E-state index contributed by atoms with van der Waals surface area (Å²) >= 11 is 1.86. The average Bonchev–Trinajstić information content (AvgIpc) is 2.57. The lowest BCUT2D eigenvalue weighted by molar-refractivity contribution is 0.302. The van der Waals surface area contributed by atoms with Gasteiger partial charge in [0.1, 0.15) is 0 Å². The Morgan fingerprint density at radius 1 is 1.38 bits per heavy atom. The van der Waals surface area contributed by atoms with Crippen molar-refractivity contribution < 1.29 is 0 Å². The highest BCUT2D eigenvalue weighted by molar-refractivity contribution is 7.11. The van der Waals surface area contributed by atoms with Gasteiger partial charge in [-0.2, -0.15) is 0 Å². The Morgan fingerprint density at radius 3 is 2.56 bits per heavy atom. The second kappa shape index (κ2) is 5.80. The minimum atomic E-state index is 0.210. The molecular weight excluding hydrogens is 216 g/mol. The van der Waals surface area contributed by atoms with Gasteiger partial charge in [-0.25, -0.2) is 0 Å². The standard InChI is InChI=1S/C13H24N2S/c1-10-5-6-11(16-10)9-15-8-7-12(14)13(2,3)4/h5-6,12,15H,7-9,14H2,1-4H3. The van der Waals surface area contributed by atoms with Crippen molar-refractivity contribution in [3.63, 3.8) is 0 Å². The first-order valence-electron chi connectivity index (χ1n) is 5.91. The summed E-state index contributed by atoms with van der Waals surface area (Å²) in [5.74, 6) is 0. The molecule has 0 aliphatic rings. The second-order valence-corrected chi connectivity index (χ2v) is 6.82. The molecule has 0 aliphatic carbocycles. The second-order valence-electron chi connectivity index (χ2n) is 5.45. The molecule has 1 heterocycles. The van der Waals surface area contributed by atoms with Crippen molar-refractivity contribution in [1.82, 2.24) is 5.32 Å². The van der Waals surface area contributed by atoms with Crippen LogP contribution in [-0.2, 0) is 6.54 Å². The van der Waals surface area contributed by atoms with Crippen LogP contribution in [0.1, 0.15) is 36.9 Å². The number of rotatable bonds is 5. The van der Waals surface area contributed by atoms with Crippen LogP contribution in [0.15, 0.2) is 12.1 Å². The summed E-state index contributed by atoms with van der Waals surface area (Å²) in [5, 5.41) is 3.45. The van der Waals surface area contributed by atoms with Crippen molar-refractivity contribution in [1.29, 1.82) is 0 Å². The highest BCUT2D eigenvalue weighted by Crippen LogP contribution is 2.19. The van der Waals surface area contributed by atoms with Gasteiger partial charge in [0.25, 0.3) is 0 Å². The molecule has 3 N–H and O–H groups in total. The maximum atomic E-state index is 6.10. The van der Waals surface area contributed by atoms with Gasteiger partial charge in [0.15, 0.2) is 0 Å². The zero-order valence-electron chi connectivity index (χ0n) is 10.8. The fraction of sp³-hybridized carbons (Fsp3) is 0.692. The molecule has 1 aromatic rings. The van der Waals surface area contributed by atoms with Crippen molar-refractivity contribution in [2.24, 2.45) is 11.1 Å². The van der Waals surface area contributed by atoms with E-state index in [1.807, 2.05) is 11.3 Å². The molecule has 0 amide bonds. The van der Waals surface area contributed by atoms with Crippen LogP contribution in [-0.4, -0.2) is 12.6 Å². The first-order valence-corrected chi connectivity index (χ1v) is 6.73. The Bertz CT molecular complexity index is 312. The van der Waals surface area contributed by atoms with Crippen LogP contribution in [0.3, 0.4) is 0 Å². The normalized spacial score (nSPS) is 14.1. The zero-order chi connectivity index (χ0) is 12.2. The first-order chi connectivity index (χ1) is 7.39. The largest absolute Gasteiger partial charge is 0.327 e. The fourth-order valence-corrected chi connectivity index (χ4v) is 2.34. The van der Waals surface area contributed by atoms with Crippen LogP contribution in [0.4, 0.5) is 0 Å². The average molecular weight is 240 g/mol. The molecular formula is C13H24N2S. The molecule has 0 saturated carbocycles. The van der Waals surface area contributed by atoms with E-state index < -0.39 is 0 Å². The molecule has 2 nitrogen and oxygen atoms in total. The van der Waals surface area contributed by atoms with Gasteiger partial charge in [0.05, 0.1) is 0 Å².